The molecule has 7 atom stereocenters. The minimum absolute atomic E-state index is 0.0601. The number of aliphatic hydroxyl groups excluding tert-OH is 2. The van der Waals surface area contributed by atoms with Gasteiger partial charge in [-0.2, -0.15) is 10.2 Å². The minimum Gasteiger partial charge on any atom is -0.393 e. The summed E-state index contributed by atoms with van der Waals surface area (Å²) in [5.74, 6) is 0.170. The zero-order valence-electron chi connectivity index (χ0n) is 19.5. The first-order valence-corrected chi connectivity index (χ1v) is 11.6. The third-order valence-electron chi connectivity index (χ3n) is 8.88. The fraction of sp³-hybridized carbons (Fsp3) is 0.652. The van der Waals surface area contributed by atoms with Crippen LogP contribution in [-0.2, 0) is 0 Å². The number of carbonyl (C=O) groups is 2. The van der Waals surface area contributed by atoms with Crippen molar-refractivity contribution in [1.82, 2.24) is 10.9 Å². The van der Waals surface area contributed by atoms with Crippen LogP contribution in [0.5, 0.6) is 0 Å². The van der Waals surface area contributed by atoms with Crippen molar-refractivity contribution in [3.8, 4) is 0 Å². The fourth-order valence-electron chi connectivity index (χ4n) is 7.38. The standard InChI is InChI=1S/C23H34N6O5/c1-21-7-5-13(26-28-19(24)32)9-12(21)3-4-14-15-6-8-23(34,17(11-30)27-29-20(25)33)22(15,2)10-16(31)18(14)21/h5,7,9,14-16,18,30-31,34H,3-4,6,8,10-11H2,1-2H3,(H3,24,28,32)(H3,25,29,33)/b26-13+,27-17-/t14-,15-,16-,18+,21-,22-,23-/m0/s1. The smallest absolute Gasteiger partial charge is 0.332 e. The lowest BCUT2D eigenvalue weighted by Gasteiger charge is -2.60. The van der Waals surface area contributed by atoms with Crippen LogP contribution in [0.4, 0.5) is 9.59 Å². The summed E-state index contributed by atoms with van der Waals surface area (Å²) in [6, 6.07) is -1.61. The van der Waals surface area contributed by atoms with Crippen molar-refractivity contribution < 1.29 is 24.9 Å². The van der Waals surface area contributed by atoms with E-state index in [2.05, 4.69) is 28.0 Å². The number of hydrogen-bond acceptors (Lipinski definition) is 7. The molecule has 0 radical (unpaired) electrons. The van der Waals surface area contributed by atoms with E-state index in [-0.39, 0.29) is 23.5 Å². The molecule has 9 N–H and O–H groups in total. The molecule has 3 saturated carbocycles. The Balaban J connectivity index is 1.66. The molecule has 0 unspecified atom stereocenters. The molecule has 4 rings (SSSR count). The lowest BCUT2D eigenvalue weighted by Crippen LogP contribution is -2.62. The van der Waals surface area contributed by atoms with E-state index in [4.69, 9.17) is 11.5 Å². The number of fused-ring (bicyclic) bond motifs is 5. The van der Waals surface area contributed by atoms with E-state index in [0.717, 1.165) is 18.4 Å². The Kier molecular flexibility index (Phi) is 6.07. The number of nitrogens with one attached hydrogen (secondary N) is 2. The average Bonchev–Trinajstić information content (AvgIpc) is 3.03. The van der Waals surface area contributed by atoms with Crippen molar-refractivity contribution in [3.63, 3.8) is 0 Å². The molecule has 11 nitrogen and oxygen atoms in total. The Labute approximate surface area is 198 Å². The highest BCUT2D eigenvalue weighted by atomic mass is 16.3. The van der Waals surface area contributed by atoms with E-state index in [1.54, 1.807) is 0 Å². The van der Waals surface area contributed by atoms with Gasteiger partial charge in [0, 0.05) is 16.7 Å². The summed E-state index contributed by atoms with van der Waals surface area (Å²) in [4.78, 5) is 22.2. The van der Waals surface area contributed by atoms with Gasteiger partial charge in [-0.15, -0.1) is 0 Å². The molecule has 0 heterocycles. The van der Waals surface area contributed by atoms with Crippen molar-refractivity contribution >= 4 is 23.5 Å². The SMILES string of the molecule is C[C@]12C=C/C(=N\NC(N)=O)C=C1CC[C@@H]1[C@@H]2[C@@H](O)C[C@@]2(C)[C@H]1CC[C@]2(O)/C(CO)=N\NC(N)=O. The summed E-state index contributed by atoms with van der Waals surface area (Å²) in [5, 5.41) is 41.2. The summed E-state index contributed by atoms with van der Waals surface area (Å²) in [5.41, 5.74) is 13.8. The molecule has 0 saturated heterocycles. The van der Waals surface area contributed by atoms with Crippen LogP contribution in [0.1, 0.15) is 46.0 Å². The number of urea groups is 2. The summed E-state index contributed by atoms with van der Waals surface area (Å²) < 4.78 is 0. The van der Waals surface area contributed by atoms with E-state index in [1.807, 2.05) is 25.2 Å². The zero-order chi connectivity index (χ0) is 24.9. The number of aliphatic hydroxyl groups is 3. The first-order valence-electron chi connectivity index (χ1n) is 11.6. The number of allylic oxidation sites excluding steroid dienone is 4. The number of rotatable bonds is 4. The lowest BCUT2D eigenvalue weighted by molar-refractivity contribution is -0.143. The quantitative estimate of drug-likeness (QED) is 0.229. The van der Waals surface area contributed by atoms with Crippen molar-refractivity contribution in [2.75, 3.05) is 6.61 Å². The number of nitrogens with two attached hydrogens (primary N) is 2. The molecular formula is C23H34N6O5. The second-order valence-corrected chi connectivity index (χ2v) is 10.4. The molecule has 186 valence electrons. The van der Waals surface area contributed by atoms with Crippen LogP contribution < -0.4 is 22.3 Å². The van der Waals surface area contributed by atoms with Crippen LogP contribution in [0.2, 0.25) is 0 Å². The van der Waals surface area contributed by atoms with Crippen LogP contribution in [0.3, 0.4) is 0 Å². The summed E-state index contributed by atoms with van der Waals surface area (Å²) in [6.07, 6.45) is 8.15. The van der Waals surface area contributed by atoms with Gasteiger partial charge >= 0.3 is 12.1 Å². The highest BCUT2D eigenvalue weighted by Gasteiger charge is 2.67. The molecule has 34 heavy (non-hydrogen) atoms. The van der Waals surface area contributed by atoms with Gasteiger partial charge in [-0.3, -0.25) is 0 Å². The first kappa shape index (κ1) is 24.4. The summed E-state index contributed by atoms with van der Waals surface area (Å²) >= 11 is 0. The molecule has 0 spiro atoms. The van der Waals surface area contributed by atoms with Gasteiger partial charge in [0.25, 0.3) is 0 Å². The van der Waals surface area contributed by atoms with Gasteiger partial charge in [-0.25, -0.2) is 20.4 Å². The van der Waals surface area contributed by atoms with E-state index in [0.29, 0.717) is 25.0 Å². The van der Waals surface area contributed by atoms with Crippen LogP contribution in [-0.4, -0.2) is 57.1 Å². The molecule has 3 fully saturated rings. The van der Waals surface area contributed by atoms with Gasteiger partial charge in [-0.05, 0) is 56.1 Å². The molecule has 0 bridgehead atoms. The molecule has 4 aliphatic rings. The predicted molar refractivity (Wildman–Crippen MR) is 125 cm³/mol. The van der Waals surface area contributed by atoms with Gasteiger partial charge < -0.3 is 26.8 Å². The maximum Gasteiger partial charge on any atom is 0.332 e. The third-order valence-corrected chi connectivity index (χ3v) is 8.88. The van der Waals surface area contributed by atoms with Gasteiger partial charge in [0.2, 0.25) is 0 Å². The summed E-state index contributed by atoms with van der Waals surface area (Å²) in [6.45, 7) is 3.54. The van der Waals surface area contributed by atoms with Crippen LogP contribution in [0, 0.1) is 28.6 Å². The van der Waals surface area contributed by atoms with E-state index in [9.17, 15) is 24.9 Å². The first-order chi connectivity index (χ1) is 16.0. The maximum atomic E-state index is 11.8. The predicted octanol–water partition coefficient (Wildman–Crippen LogP) is 0.468. The Morgan fingerprint density at radius 2 is 1.91 bits per heavy atom. The Morgan fingerprint density at radius 1 is 1.21 bits per heavy atom. The Hall–Kier alpha value is -2.76. The van der Waals surface area contributed by atoms with E-state index < -0.39 is 41.2 Å². The molecular weight excluding hydrogens is 440 g/mol. The van der Waals surface area contributed by atoms with Crippen molar-refractivity contribution in [2.24, 2.45) is 50.3 Å². The minimum atomic E-state index is -1.47. The molecule has 4 aliphatic carbocycles. The second kappa shape index (κ2) is 8.47. The number of carbonyl (C=O) groups excluding carboxylic acids is 2. The van der Waals surface area contributed by atoms with Crippen molar-refractivity contribution in [1.29, 1.82) is 0 Å². The normalized spacial score (nSPS) is 42.3. The van der Waals surface area contributed by atoms with Gasteiger partial charge in [-0.1, -0.05) is 25.5 Å². The highest BCUT2D eigenvalue weighted by molar-refractivity contribution is 6.06. The topological polar surface area (TPSA) is 196 Å². The molecule has 0 aromatic carbocycles. The van der Waals surface area contributed by atoms with Crippen molar-refractivity contribution in [2.45, 2.75) is 57.7 Å². The van der Waals surface area contributed by atoms with Crippen LogP contribution >= 0.6 is 0 Å². The largest absolute Gasteiger partial charge is 0.393 e. The third kappa shape index (κ3) is 3.62. The summed E-state index contributed by atoms with van der Waals surface area (Å²) in [7, 11) is 0. The van der Waals surface area contributed by atoms with Crippen molar-refractivity contribution in [3.05, 3.63) is 23.8 Å². The molecule has 4 amide bonds. The number of amides is 4. The van der Waals surface area contributed by atoms with Gasteiger partial charge in [0.1, 0.15) is 5.60 Å². The second-order valence-electron chi connectivity index (χ2n) is 10.4. The monoisotopic (exact) mass is 474 g/mol. The molecule has 0 aliphatic heterocycles. The van der Waals surface area contributed by atoms with Crippen LogP contribution in [0.15, 0.2) is 34.0 Å². The van der Waals surface area contributed by atoms with E-state index in [1.165, 1.54) is 0 Å². The Bertz CT molecular complexity index is 1010. The Morgan fingerprint density at radius 3 is 2.56 bits per heavy atom. The zero-order valence-corrected chi connectivity index (χ0v) is 19.5. The number of primary amides is 2. The lowest BCUT2D eigenvalue weighted by atomic mass is 9.46. The van der Waals surface area contributed by atoms with Crippen LogP contribution in [0.25, 0.3) is 0 Å². The maximum absolute atomic E-state index is 11.8. The number of hydrogen-bond donors (Lipinski definition) is 7. The number of nitrogens with zero attached hydrogens (tertiary/aromatic N) is 2. The highest BCUT2D eigenvalue weighted by Crippen LogP contribution is 2.67. The molecule has 0 aromatic rings. The van der Waals surface area contributed by atoms with E-state index >= 15 is 0 Å². The molecule has 11 heteroatoms. The fourth-order valence-corrected chi connectivity index (χ4v) is 7.38. The van der Waals surface area contributed by atoms with Gasteiger partial charge in [0.05, 0.1) is 24.1 Å². The van der Waals surface area contributed by atoms with Gasteiger partial charge in [0.15, 0.2) is 0 Å². The number of hydrazone groups is 2. The average molecular weight is 475 g/mol. The molecule has 0 aromatic heterocycles.